The van der Waals surface area contributed by atoms with Crippen LogP contribution in [0.15, 0.2) is 17.0 Å². The van der Waals surface area contributed by atoms with E-state index in [-0.39, 0.29) is 18.1 Å². The van der Waals surface area contributed by atoms with Gasteiger partial charge < -0.3 is 19.9 Å². The van der Waals surface area contributed by atoms with Crippen molar-refractivity contribution in [2.24, 2.45) is 0 Å². The van der Waals surface area contributed by atoms with Gasteiger partial charge in [0.2, 0.25) is 0 Å². The highest BCUT2D eigenvalue weighted by atomic mass is 32.2. The Bertz CT molecular complexity index is 629. The minimum atomic E-state index is -1.13. The van der Waals surface area contributed by atoms with Crippen molar-refractivity contribution in [2.45, 2.75) is 69.0 Å². The molecule has 1 aromatic carbocycles. The number of hydrogen-bond acceptors (Lipinski definition) is 4. The van der Waals surface area contributed by atoms with Gasteiger partial charge in [0.15, 0.2) is 4.90 Å². The first-order valence-corrected chi connectivity index (χ1v) is 10.8. The molecule has 0 saturated carbocycles. The first-order valence-electron chi connectivity index (χ1n) is 9.20. The summed E-state index contributed by atoms with van der Waals surface area (Å²) in [7, 11) is 0. The van der Waals surface area contributed by atoms with Gasteiger partial charge in [0.1, 0.15) is 18.1 Å². The summed E-state index contributed by atoms with van der Waals surface area (Å²) in [5.41, 5.74) is 1.50. The lowest BCUT2D eigenvalue weighted by molar-refractivity contribution is 0.0921. The lowest BCUT2D eigenvalue weighted by atomic mass is 10.0. The van der Waals surface area contributed by atoms with Gasteiger partial charge >= 0.3 is 0 Å². The van der Waals surface area contributed by atoms with Crippen molar-refractivity contribution in [3.8, 4) is 5.75 Å². The third-order valence-corrected chi connectivity index (χ3v) is 5.94. The van der Waals surface area contributed by atoms with Crippen molar-refractivity contribution < 1.29 is 14.1 Å². The van der Waals surface area contributed by atoms with E-state index in [0.29, 0.717) is 22.3 Å². The molecule has 3 rings (SSSR count). The maximum Gasteiger partial charge on any atom is 0.255 e. The minimum absolute atomic E-state index is 0.0463. The van der Waals surface area contributed by atoms with E-state index in [0.717, 1.165) is 44.2 Å². The van der Waals surface area contributed by atoms with Gasteiger partial charge in [0.25, 0.3) is 5.91 Å². The Morgan fingerprint density at radius 2 is 2.32 bits per heavy atom. The summed E-state index contributed by atoms with van der Waals surface area (Å²) in [6.45, 7) is 5.14. The largest absolute Gasteiger partial charge is 0.612 e. The molecule has 0 radical (unpaired) electrons. The average Bonchev–Trinajstić information content (AvgIpc) is 3.21. The van der Waals surface area contributed by atoms with Crippen LogP contribution in [0.1, 0.15) is 55.5 Å². The number of carbonyl (C=O) groups is 1. The van der Waals surface area contributed by atoms with Crippen LogP contribution in [0.4, 0.5) is 0 Å². The van der Waals surface area contributed by atoms with E-state index in [9.17, 15) is 9.35 Å². The van der Waals surface area contributed by atoms with Crippen molar-refractivity contribution >= 4 is 17.1 Å². The smallest absolute Gasteiger partial charge is 0.255 e. The van der Waals surface area contributed by atoms with Crippen LogP contribution in [0.5, 0.6) is 5.75 Å². The molecule has 2 N–H and O–H groups in total. The number of amides is 1. The maximum atomic E-state index is 13.0. The molecule has 0 aromatic heterocycles. The summed E-state index contributed by atoms with van der Waals surface area (Å²) in [6, 6.07) is 4.09. The van der Waals surface area contributed by atoms with Gasteiger partial charge in [-0.1, -0.05) is 13.3 Å². The Morgan fingerprint density at radius 3 is 2.96 bits per heavy atom. The second-order valence-electron chi connectivity index (χ2n) is 7.12. The highest BCUT2D eigenvalue weighted by molar-refractivity contribution is 7.90. The molecular formula is C19H28N2O3S. The molecule has 2 aliphatic heterocycles. The number of benzene rings is 1. The first kappa shape index (κ1) is 18.5. The van der Waals surface area contributed by atoms with Gasteiger partial charge in [-0.2, -0.15) is 0 Å². The number of ether oxygens (including phenoxy) is 1. The van der Waals surface area contributed by atoms with E-state index < -0.39 is 11.2 Å². The molecule has 1 aromatic rings. The van der Waals surface area contributed by atoms with Gasteiger partial charge in [-0.05, 0) is 43.9 Å². The predicted octanol–water partition coefficient (Wildman–Crippen LogP) is 2.40. The molecule has 0 aliphatic carbocycles. The fourth-order valence-electron chi connectivity index (χ4n) is 3.82. The Balaban J connectivity index is 1.85. The molecule has 1 saturated heterocycles. The van der Waals surface area contributed by atoms with E-state index in [1.54, 1.807) is 12.3 Å². The second-order valence-corrected chi connectivity index (χ2v) is 8.50. The lowest BCUT2D eigenvalue weighted by Gasteiger charge is -2.25. The van der Waals surface area contributed by atoms with Crippen LogP contribution in [0, 0.1) is 0 Å². The molecule has 138 valence electrons. The van der Waals surface area contributed by atoms with Gasteiger partial charge in [-0.15, -0.1) is 0 Å². The molecule has 5 nitrogen and oxygen atoms in total. The van der Waals surface area contributed by atoms with E-state index in [1.807, 2.05) is 13.0 Å². The Kier molecular flexibility index (Phi) is 5.92. The Hall–Kier alpha value is -1.24. The minimum Gasteiger partial charge on any atom is -0.612 e. The number of carbonyl (C=O) groups excluding carboxylic acids is 1. The monoisotopic (exact) mass is 364 g/mol. The van der Waals surface area contributed by atoms with Crippen molar-refractivity contribution in [1.29, 1.82) is 0 Å². The van der Waals surface area contributed by atoms with Crippen LogP contribution in [0.2, 0.25) is 0 Å². The maximum absolute atomic E-state index is 13.0. The Morgan fingerprint density at radius 1 is 1.52 bits per heavy atom. The number of nitrogens with one attached hydrogen (secondary N) is 2. The number of hydrogen-bond donors (Lipinski definition) is 2. The standard InChI is InChI=1S/C19H28N2O3S/c1-4-6-17(16-7-5-8-20-16)21-19(22)15-11-14(25(3)23)10-13-9-12(2)24-18(13)15/h10-12,16-17,20H,4-9H2,1-3H3,(H,21,22). The summed E-state index contributed by atoms with van der Waals surface area (Å²) in [4.78, 5) is 13.7. The van der Waals surface area contributed by atoms with Gasteiger partial charge in [-0.25, -0.2) is 0 Å². The van der Waals surface area contributed by atoms with E-state index in [1.165, 1.54) is 0 Å². The van der Waals surface area contributed by atoms with Crippen molar-refractivity contribution in [3.63, 3.8) is 0 Å². The van der Waals surface area contributed by atoms with Crippen LogP contribution in [-0.2, 0) is 17.6 Å². The highest BCUT2D eigenvalue weighted by Crippen LogP contribution is 2.35. The summed E-state index contributed by atoms with van der Waals surface area (Å²) in [5, 5.41) is 6.70. The Labute approximate surface area is 153 Å². The normalized spacial score (nSPS) is 24.5. The van der Waals surface area contributed by atoms with Crippen molar-refractivity contribution in [2.75, 3.05) is 12.8 Å². The zero-order valence-corrected chi connectivity index (χ0v) is 16.1. The molecule has 6 heteroatoms. The van der Waals surface area contributed by atoms with Crippen molar-refractivity contribution in [3.05, 3.63) is 23.3 Å². The molecule has 25 heavy (non-hydrogen) atoms. The molecule has 2 heterocycles. The third-order valence-electron chi connectivity index (χ3n) is 5.04. The van der Waals surface area contributed by atoms with E-state index >= 15 is 0 Å². The lowest BCUT2D eigenvalue weighted by Crippen LogP contribution is -2.47. The predicted molar refractivity (Wildman–Crippen MR) is 99.8 cm³/mol. The van der Waals surface area contributed by atoms with Crippen LogP contribution < -0.4 is 15.4 Å². The molecule has 1 amide bonds. The van der Waals surface area contributed by atoms with Gasteiger partial charge in [-0.3, -0.25) is 4.79 Å². The summed E-state index contributed by atoms with van der Waals surface area (Å²) in [5.74, 6) is 0.540. The van der Waals surface area contributed by atoms with Crippen LogP contribution >= 0.6 is 0 Å². The summed E-state index contributed by atoms with van der Waals surface area (Å²) in [6.07, 6.45) is 6.66. The fourth-order valence-corrected chi connectivity index (χ4v) is 4.42. The third kappa shape index (κ3) is 4.13. The summed E-state index contributed by atoms with van der Waals surface area (Å²) < 4.78 is 17.8. The zero-order valence-electron chi connectivity index (χ0n) is 15.3. The van der Waals surface area contributed by atoms with Gasteiger partial charge in [0.05, 0.1) is 5.56 Å². The molecule has 2 aliphatic rings. The molecule has 1 fully saturated rings. The molecule has 0 spiro atoms. The highest BCUT2D eigenvalue weighted by Gasteiger charge is 2.31. The van der Waals surface area contributed by atoms with Crippen LogP contribution in [0.3, 0.4) is 0 Å². The molecule has 4 unspecified atom stereocenters. The topological polar surface area (TPSA) is 73.4 Å². The van der Waals surface area contributed by atoms with Crippen LogP contribution in [0.25, 0.3) is 0 Å². The molecule has 0 bridgehead atoms. The molecular weight excluding hydrogens is 336 g/mol. The summed E-state index contributed by atoms with van der Waals surface area (Å²) >= 11 is -1.13. The van der Waals surface area contributed by atoms with Gasteiger partial charge in [0, 0.05) is 36.2 Å². The van der Waals surface area contributed by atoms with Crippen molar-refractivity contribution in [1.82, 2.24) is 10.6 Å². The average molecular weight is 365 g/mol. The van der Waals surface area contributed by atoms with Crippen LogP contribution in [-0.4, -0.2) is 41.4 Å². The SMILES string of the molecule is CCCC(NC(=O)c1cc([S+](C)[O-])cc2c1OC(C)C2)C1CCCN1. The number of fused-ring (bicyclic) bond motifs is 1. The second kappa shape index (κ2) is 7.98. The molecule has 4 atom stereocenters. The van der Waals surface area contributed by atoms with E-state index in [2.05, 4.69) is 17.6 Å². The van der Waals surface area contributed by atoms with E-state index in [4.69, 9.17) is 4.74 Å². The fraction of sp³-hybridized carbons (Fsp3) is 0.632. The quantitative estimate of drug-likeness (QED) is 0.760. The number of rotatable bonds is 6. The first-order chi connectivity index (χ1) is 12.0. The zero-order chi connectivity index (χ0) is 18.0.